The molecule has 0 amide bonds. The third-order valence-corrected chi connectivity index (χ3v) is 3.17. The second-order valence-corrected chi connectivity index (χ2v) is 4.56. The molecule has 7 heteroatoms. The summed E-state index contributed by atoms with van der Waals surface area (Å²) in [7, 11) is 0. The minimum atomic E-state index is -5.54. The quantitative estimate of drug-likeness (QED) is 0.506. The van der Waals surface area contributed by atoms with Gasteiger partial charge in [0.05, 0.1) is 5.56 Å². The van der Waals surface area contributed by atoms with Crippen molar-refractivity contribution < 1.29 is 30.7 Å². The molecule has 2 aromatic rings. The molecule has 0 atom stereocenters. The summed E-state index contributed by atoms with van der Waals surface area (Å²) < 4.78 is 92.4. The fraction of sp³-hybridized carbons (Fsp3) is 0.200. The molecule has 22 heavy (non-hydrogen) atoms. The van der Waals surface area contributed by atoms with E-state index >= 15 is 0 Å². The number of hydrogen-bond donors (Lipinski definition) is 0. The van der Waals surface area contributed by atoms with E-state index in [1.54, 1.807) is 13.0 Å². The Balaban J connectivity index is 2.79. The van der Waals surface area contributed by atoms with E-state index in [-0.39, 0.29) is 5.56 Å². The van der Waals surface area contributed by atoms with Gasteiger partial charge >= 0.3 is 6.18 Å². The second-order valence-electron chi connectivity index (χ2n) is 4.56. The van der Waals surface area contributed by atoms with Gasteiger partial charge < -0.3 is 0 Å². The molecular formula is C15H9F7. The molecule has 0 nitrogen and oxygen atoms in total. The van der Waals surface area contributed by atoms with E-state index < -0.39 is 40.6 Å². The molecular weight excluding hydrogens is 313 g/mol. The maximum Gasteiger partial charge on any atom is 0.422 e. The first-order valence-corrected chi connectivity index (χ1v) is 6.20. The molecule has 0 heterocycles. The van der Waals surface area contributed by atoms with Crippen LogP contribution < -0.4 is 0 Å². The lowest BCUT2D eigenvalue weighted by molar-refractivity contribution is -0.143. The van der Waals surface area contributed by atoms with Crippen LogP contribution in [0.15, 0.2) is 24.3 Å². The van der Waals surface area contributed by atoms with Crippen molar-refractivity contribution in [3.05, 3.63) is 58.7 Å². The van der Waals surface area contributed by atoms with Crippen molar-refractivity contribution in [1.82, 2.24) is 0 Å². The largest absolute Gasteiger partial charge is 0.422 e. The molecule has 0 fully saturated rings. The zero-order valence-electron chi connectivity index (χ0n) is 11.2. The number of rotatable bonds is 2. The summed E-state index contributed by atoms with van der Waals surface area (Å²) in [4.78, 5) is 0. The summed E-state index contributed by atoms with van der Waals surface area (Å²) in [6.07, 6.45) is -5.07. The van der Waals surface area contributed by atoms with E-state index in [0.717, 1.165) is 6.07 Å². The van der Waals surface area contributed by atoms with Crippen LogP contribution in [0.4, 0.5) is 30.7 Å². The topological polar surface area (TPSA) is 0 Å². The summed E-state index contributed by atoms with van der Waals surface area (Å²) in [6.45, 7) is 1.74. The average Bonchev–Trinajstić information content (AvgIpc) is 2.44. The lowest BCUT2D eigenvalue weighted by Crippen LogP contribution is -2.16. The minimum absolute atomic E-state index is 0.235. The highest BCUT2D eigenvalue weighted by Crippen LogP contribution is 2.39. The van der Waals surface area contributed by atoms with Gasteiger partial charge in [-0.1, -0.05) is 31.2 Å². The monoisotopic (exact) mass is 322 g/mol. The van der Waals surface area contributed by atoms with Gasteiger partial charge in [-0.2, -0.15) is 13.2 Å². The molecule has 0 radical (unpaired) electrons. The van der Waals surface area contributed by atoms with Crippen LogP contribution in [0, 0.1) is 23.3 Å². The van der Waals surface area contributed by atoms with Crippen molar-refractivity contribution in [2.45, 2.75) is 19.5 Å². The first-order valence-electron chi connectivity index (χ1n) is 6.20. The number of benzene rings is 2. The van der Waals surface area contributed by atoms with Crippen molar-refractivity contribution in [1.29, 1.82) is 0 Å². The molecule has 2 rings (SSSR count). The van der Waals surface area contributed by atoms with Gasteiger partial charge in [-0.15, -0.1) is 0 Å². The van der Waals surface area contributed by atoms with E-state index in [2.05, 4.69) is 0 Å². The van der Waals surface area contributed by atoms with E-state index in [4.69, 9.17) is 0 Å². The van der Waals surface area contributed by atoms with E-state index in [1.165, 1.54) is 12.1 Å². The summed E-state index contributed by atoms with van der Waals surface area (Å²) in [5.41, 5.74) is -3.35. The third-order valence-electron chi connectivity index (χ3n) is 3.17. The number of hydrogen-bond acceptors (Lipinski definition) is 0. The lowest BCUT2D eigenvalue weighted by atomic mass is 9.98. The van der Waals surface area contributed by atoms with E-state index in [1.807, 2.05) is 0 Å². The first kappa shape index (κ1) is 16.3. The number of aryl methyl sites for hydroxylation is 1. The Kier molecular flexibility index (Phi) is 4.17. The van der Waals surface area contributed by atoms with Crippen LogP contribution >= 0.6 is 0 Å². The van der Waals surface area contributed by atoms with Crippen molar-refractivity contribution in [2.75, 3.05) is 0 Å². The van der Waals surface area contributed by atoms with E-state index in [9.17, 15) is 30.7 Å². The highest BCUT2D eigenvalue weighted by atomic mass is 19.4. The van der Waals surface area contributed by atoms with Crippen molar-refractivity contribution in [2.24, 2.45) is 0 Å². The van der Waals surface area contributed by atoms with Crippen LogP contribution in [0.1, 0.15) is 18.1 Å². The number of alkyl halides is 3. The SMILES string of the molecule is CCc1cccc(-c2c(F)c(F)c(C(F)(F)F)c(F)c2F)c1. The fourth-order valence-electron chi connectivity index (χ4n) is 2.08. The van der Waals surface area contributed by atoms with Crippen molar-refractivity contribution in [3.63, 3.8) is 0 Å². The molecule has 118 valence electrons. The lowest BCUT2D eigenvalue weighted by Gasteiger charge is -2.14. The molecule has 0 aromatic heterocycles. The van der Waals surface area contributed by atoms with Crippen molar-refractivity contribution >= 4 is 0 Å². The summed E-state index contributed by atoms with van der Waals surface area (Å²) >= 11 is 0. The van der Waals surface area contributed by atoms with Gasteiger partial charge in [0, 0.05) is 0 Å². The van der Waals surface area contributed by atoms with Crippen LogP contribution in [-0.4, -0.2) is 0 Å². The van der Waals surface area contributed by atoms with E-state index in [0.29, 0.717) is 12.0 Å². The molecule has 0 aliphatic heterocycles. The average molecular weight is 322 g/mol. The van der Waals surface area contributed by atoms with Gasteiger partial charge in [-0.3, -0.25) is 0 Å². The van der Waals surface area contributed by atoms with Gasteiger partial charge in [0.1, 0.15) is 5.56 Å². The first-order chi connectivity index (χ1) is 10.2. The molecule has 0 aliphatic rings. The zero-order chi connectivity index (χ0) is 16.7. The smallest absolute Gasteiger partial charge is 0.203 e. The van der Waals surface area contributed by atoms with Gasteiger partial charge in [-0.05, 0) is 17.5 Å². The van der Waals surface area contributed by atoms with Gasteiger partial charge in [0.25, 0.3) is 0 Å². The Morgan fingerprint density at radius 1 is 0.864 bits per heavy atom. The molecule has 0 saturated carbocycles. The van der Waals surface area contributed by atoms with Crippen molar-refractivity contribution in [3.8, 4) is 11.1 Å². The molecule has 0 N–H and O–H groups in total. The summed E-state index contributed by atoms with van der Waals surface area (Å²) in [5.74, 6) is -9.05. The molecule has 0 unspecified atom stereocenters. The molecule has 0 aliphatic carbocycles. The highest BCUT2D eigenvalue weighted by molar-refractivity contribution is 5.66. The Morgan fingerprint density at radius 3 is 1.86 bits per heavy atom. The summed E-state index contributed by atoms with van der Waals surface area (Å²) in [6, 6.07) is 5.41. The second kappa shape index (κ2) is 5.62. The predicted molar refractivity (Wildman–Crippen MR) is 66.1 cm³/mol. The van der Waals surface area contributed by atoms with Gasteiger partial charge in [-0.25, -0.2) is 17.6 Å². The zero-order valence-corrected chi connectivity index (χ0v) is 11.2. The van der Waals surface area contributed by atoms with Gasteiger partial charge in [0.2, 0.25) is 0 Å². The highest BCUT2D eigenvalue weighted by Gasteiger charge is 2.42. The molecule has 0 spiro atoms. The van der Waals surface area contributed by atoms with Crippen LogP contribution in [0.25, 0.3) is 11.1 Å². The van der Waals surface area contributed by atoms with Crippen LogP contribution in [0.2, 0.25) is 0 Å². The van der Waals surface area contributed by atoms with Crippen LogP contribution in [0.5, 0.6) is 0 Å². The molecule has 2 aromatic carbocycles. The van der Waals surface area contributed by atoms with Crippen LogP contribution in [0.3, 0.4) is 0 Å². The molecule has 0 bridgehead atoms. The fourth-order valence-corrected chi connectivity index (χ4v) is 2.08. The maximum absolute atomic E-state index is 13.9. The van der Waals surface area contributed by atoms with Crippen LogP contribution in [-0.2, 0) is 12.6 Å². The molecule has 0 saturated heterocycles. The minimum Gasteiger partial charge on any atom is -0.203 e. The predicted octanol–water partition coefficient (Wildman–Crippen LogP) is 5.49. The Hall–Kier alpha value is -2.05. The maximum atomic E-state index is 13.9. The Bertz CT molecular complexity index is 688. The number of halogens is 7. The third kappa shape index (κ3) is 2.67. The Morgan fingerprint density at radius 2 is 1.41 bits per heavy atom. The standard InChI is InChI=1S/C15H9F7/c1-2-7-4-3-5-8(6-7)9-11(16)13(18)10(15(20,21)22)14(19)12(9)17/h3-6H,2H2,1H3. The normalized spacial score (nSPS) is 11.8. The summed E-state index contributed by atoms with van der Waals surface area (Å²) in [5, 5.41) is 0. The Labute approximate surface area is 121 Å². The van der Waals surface area contributed by atoms with Gasteiger partial charge in [0.15, 0.2) is 23.3 Å².